The molecule has 0 aromatic heterocycles. The fourth-order valence-electron chi connectivity index (χ4n) is 2.21. The van der Waals surface area contributed by atoms with Gasteiger partial charge in [0.15, 0.2) is 0 Å². The highest BCUT2D eigenvalue weighted by molar-refractivity contribution is 5.91. The molecule has 2 unspecified atom stereocenters. The van der Waals surface area contributed by atoms with E-state index >= 15 is 0 Å². The highest BCUT2D eigenvalue weighted by Gasteiger charge is 2.38. The van der Waals surface area contributed by atoms with Crippen molar-refractivity contribution in [3.63, 3.8) is 0 Å². The van der Waals surface area contributed by atoms with Gasteiger partial charge in [-0.1, -0.05) is 0 Å². The van der Waals surface area contributed by atoms with Crippen molar-refractivity contribution in [3.8, 4) is 0 Å². The lowest BCUT2D eigenvalue weighted by atomic mass is 10.1. The maximum absolute atomic E-state index is 11.8. The molecule has 0 radical (unpaired) electrons. The largest absolute Gasteiger partial charge is 0.480 e. The van der Waals surface area contributed by atoms with Crippen molar-refractivity contribution in [1.29, 1.82) is 0 Å². The number of hydrogen-bond donors (Lipinski definition) is 3. The Morgan fingerprint density at radius 1 is 1.42 bits per heavy atom. The summed E-state index contributed by atoms with van der Waals surface area (Å²) >= 11 is 0. The number of hydrogen-bond acceptors (Lipinski definition) is 4. The van der Waals surface area contributed by atoms with Crippen molar-refractivity contribution in [2.45, 2.75) is 25.3 Å². The molecule has 2 fully saturated rings. The van der Waals surface area contributed by atoms with Crippen LogP contribution in [0.2, 0.25) is 0 Å². The molecule has 2 amide bonds. The molecule has 1 aliphatic heterocycles. The zero-order chi connectivity index (χ0) is 14.0. The lowest BCUT2D eigenvalue weighted by Gasteiger charge is -2.17. The molecule has 2 rings (SSSR count). The Morgan fingerprint density at radius 3 is 2.63 bits per heavy atom. The minimum Gasteiger partial charge on any atom is -0.480 e. The van der Waals surface area contributed by atoms with Crippen molar-refractivity contribution in [2.24, 2.45) is 11.8 Å². The van der Waals surface area contributed by atoms with Crippen LogP contribution in [0.25, 0.3) is 0 Å². The summed E-state index contributed by atoms with van der Waals surface area (Å²) in [6.45, 7) is 0.386. The van der Waals surface area contributed by atoms with E-state index in [2.05, 4.69) is 5.32 Å². The molecule has 2 atom stereocenters. The Labute approximate surface area is 110 Å². The summed E-state index contributed by atoms with van der Waals surface area (Å²) in [6, 6.07) is -1.31. The molecular weight excluding hydrogens is 252 g/mol. The monoisotopic (exact) mass is 270 g/mol. The number of rotatable bonds is 6. The van der Waals surface area contributed by atoms with Gasteiger partial charge in [0.05, 0.1) is 12.5 Å². The molecule has 19 heavy (non-hydrogen) atoms. The Bertz CT molecular complexity index is 394. The Morgan fingerprint density at radius 2 is 2.11 bits per heavy atom. The van der Waals surface area contributed by atoms with E-state index in [0.717, 1.165) is 12.8 Å². The maximum Gasteiger partial charge on any atom is 0.328 e. The highest BCUT2D eigenvalue weighted by Crippen LogP contribution is 2.31. The fourth-order valence-corrected chi connectivity index (χ4v) is 2.21. The normalized spacial score (nSPS) is 24.4. The maximum atomic E-state index is 11.8. The number of carboxylic acid groups (broad SMARTS) is 1. The number of carbonyl (C=O) groups is 3. The van der Waals surface area contributed by atoms with Crippen LogP contribution in [0.1, 0.15) is 19.3 Å². The Kier molecular flexibility index (Phi) is 4.04. The summed E-state index contributed by atoms with van der Waals surface area (Å²) < 4.78 is 0. The van der Waals surface area contributed by atoms with Crippen molar-refractivity contribution in [1.82, 2.24) is 10.2 Å². The van der Waals surface area contributed by atoms with Crippen LogP contribution < -0.4 is 5.32 Å². The lowest BCUT2D eigenvalue weighted by molar-refractivity contribution is -0.143. The highest BCUT2D eigenvalue weighted by atomic mass is 16.4. The summed E-state index contributed by atoms with van der Waals surface area (Å²) in [6.07, 6.45) is 2.38. The van der Waals surface area contributed by atoms with Gasteiger partial charge in [-0.05, 0) is 18.8 Å². The summed E-state index contributed by atoms with van der Waals surface area (Å²) in [5.74, 6) is -1.76. The number of carboxylic acids is 1. The molecular formula is C12H18N2O5. The number of aliphatic hydroxyl groups is 1. The van der Waals surface area contributed by atoms with E-state index in [1.54, 1.807) is 4.90 Å². The van der Waals surface area contributed by atoms with Gasteiger partial charge in [0.25, 0.3) is 0 Å². The van der Waals surface area contributed by atoms with Crippen LogP contribution >= 0.6 is 0 Å². The second-order valence-electron chi connectivity index (χ2n) is 5.23. The standard InChI is InChI=1S/C12H18N2O5/c15-6-9(12(18)19)13-11(17)8-3-10(16)14(5-8)4-7-1-2-7/h7-9,15H,1-6H2,(H,13,17)(H,18,19). The Hall–Kier alpha value is -1.63. The SMILES string of the molecule is O=C(NC(CO)C(=O)O)C1CC(=O)N(CC2CC2)C1. The molecule has 2 aliphatic rings. The van der Waals surface area contributed by atoms with E-state index < -0.39 is 30.4 Å². The van der Waals surface area contributed by atoms with Gasteiger partial charge < -0.3 is 20.4 Å². The number of carbonyl (C=O) groups excluding carboxylic acids is 2. The molecule has 1 heterocycles. The van der Waals surface area contributed by atoms with E-state index in [0.29, 0.717) is 19.0 Å². The molecule has 0 bridgehead atoms. The van der Waals surface area contributed by atoms with E-state index in [9.17, 15) is 14.4 Å². The predicted octanol–water partition coefficient (Wildman–Crippen LogP) is -1.19. The number of aliphatic carboxylic acids is 1. The second-order valence-corrected chi connectivity index (χ2v) is 5.23. The van der Waals surface area contributed by atoms with E-state index in [-0.39, 0.29) is 12.3 Å². The summed E-state index contributed by atoms with van der Waals surface area (Å²) in [4.78, 5) is 36.0. The Balaban J connectivity index is 1.86. The van der Waals surface area contributed by atoms with Gasteiger partial charge in [0, 0.05) is 19.5 Å². The summed E-state index contributed by atoms with van der Waals surface area (Å²) in [5, 5.41) is 19.8. The van der Waals surface area contributed by atoms with Gasteiger partial charge in [-0.15, -0.1) is 0 Å². The minimum absolute atomic E-state index is 0.0528. The number of amides is 2. The fraction of sp³-hybridized carbons (Fsp3) is 0.750. The zero-order valence-electron chi connectivity index (χ0n) is 10.5. The summed E-state index contributed by atoms with van der Waals surface area (Å²) in [7, 11) is 0. The molecule has 7 heteroatoms. The van der Waals surface area contributed by atoms with Crippen LogP contribution in [0, 0.1) is 11.8 Å². The van der Waals surface area contributed by atoms with Gasteiger partial charge in [0.2, 0.25) is 11.8 Å². The van der Waals surface area contributed by atoms with Gasteiger partial charge in [-0.25, -0.2) is 4.79 Å². The summed E-state index contributed by atoms with van der Waals surface area (Å²) in [5.41, 5.74) is 0. The van der Waals surface area contributed by atoms with Gasteiger partial charge >= 0.3 is 5.97 Å². The van der Waals surface area contributed by atoms with E-state index in [1.165, 1.54) is 0 Å². The van der Waals surface area contributed by atoms with Gasteiger partial charge in [0.1, 0.15) is 6.04 Å². The quantitative estimate of drug-likeness (QED) is 0.562. The number of nitrogens with zero attached hydrogens (tertiary/aromatic N) is 1. The average molecular weight is 270 g/mol. The van der Waals surface area contributed by atoms with Gasteiger partial charge in [-0.2, -0.15) is 0 Å². The zero-order valence-corrected chi connectivity index (χ0v) is 10.5. The third kappa shape index (κ3) is 3.44. The van der Waals surface area contributed by atoms with Crippen LogP contribution in [0.5, 0.6) is 0 Å². The van der Waals surface area contributed by atoms with Crippen molar-refractivity contribution >= 4 is 17.8 Å². The molecule has 1 aliphatic carbocycles. The molecule has 106 valence electrons. The molecule has 0 aromatic rings. The molecule has 1 saturated carbocycles. The number of aliphatic hydroxyl groups excluding tert-OH is 1. The first kappa shape index (κ1) is 13.8. The van der Waals surface area contributed by atoms with E-state index in [4.69, 9.17) is 10.2 Å². The van der Waals surface area contributed by atoms with Gasteiger partial charge in [-0.3, -0.25) is 9.59 Å². The minimum atomic E-state index is -1.31. The number of nitrogens with one attached hydrogen (secondary N) is 1. The number of likely N-dealkylation sites (tertiary alicyclic amines) is 1. The van der Waals surface area contributed by atoms with Crippen LogP contribution in [-0.4, -0.2) is 58.6 Å². The van der Waals surface area contributed by atoms with E-state index in [1.807, 2.05) is 0 Å². The van der Waals surface area contributed by atoms with Crippen LogP contribution in [0.3, 0.4) is 0 Å². The third-order valence-corrected chi connectivity index (χ3v) is 3.56. The molecule has 0 spiro atoms. The third-order valence-electron chi connectivity index (χ3n) is 3.56. The molecule has 3 N–H and O–H groups in total. The van der Waals surface area contributed by atoms with Crippen molar-refractivity contribution in [3.05, 3.63) is 0 Å². The predicted molar refractivity (Wildman–Crippen MR) is 64.1 cm³/mol. The molecule has 0 aromatic carbocycles. The van der Waals surface area contributed by atoms with Crippen molar-refractivity contribution < 1.29 is 24.6 Å². The molecule has 1 saturated heterocycles. The lowest BCUT2D eigenvalue weighted by Crippen LogP contribution is -2.46. The van der Waals surface area contributed by atoms with Crippen LogP contribution in [-0.2, 0) is 14.4 Å². The first-order valence-electron chi connectivity index (χ1n) is 6.43. The average Bonchev–Trinajstić information content (AvgIpc) is 3.09. The topological polar surface area (TPSA) is 107 Å². The second kappa shape index (κ2) is 5.56. The first-order chi connectivity index (χ1) is 9.01. The van der Waals surface area contributed by atoms with Crippen LogP contribution in [0.4, 0.5) is 0 Å². The van der Waals surface area contributed by atoms with Crippen molar-refractivity contribution in [2.75, 3.05) is 19.7 Å². The smallest absolute Gasteiger partial charge is 0.328 e. The van der Waals surface area contributed by atoms with Crippen LogP contribution in [0.15, 0.2) is 0 Å². The first-order valence-corrected chi connectivity index (χ1v) is 6.43. The molecule has 7 nitrogen and oxygen atoms in total.